The topological polar surface area (TPSA) is 84.2 Å². The Hall–Kier alpha value is -2.04. The quantitative estimate of drug-likeness (QED) is 0.741. The Morgan fingerprint density at radius 1 is 1.00 bits per heavy atom. The van der Waals surface area contributed by atoms with Crippen LogP contribution in [0.25, 0.3) is 0 Å². The van der Waals surface area contributed by atoms with Gasteiger partial charge in [0.15, 0.2) is 0 Å². The summed E-state index contributed by atoms with van der Waals surface area (Å²) in [5.41, 5.74) is 6.22. The minimum Gasteiger partial charge on any atom is -0.351 e. The SMILES string of the molecule is NC(=O)Nc1ccc(C(=O)NC2CCCCCC2)cc1. The van der Waals surface area contributed by atoms with Crippen molar-refractivity contribution >= 4 is 17.6 Å². The average Bonchev–Trinajstić information content (AvgIpc) is 2.67. The predicted octanol–water partition coefficient (Wildman–Crippen LogP) is 2.63. The van der Waals surface area contributed by atoms with E-state index in [1.54, 1.807) is 24.3 Å². The van der Waals surface area contributed by atoms with E-state index in [1.165, 1.54) is 25.7 Å². The molecule has 1 saturated carbocycles. The second-order valence-electron chi connectivity index (χ2n) is 5.23. The van der Waals surface area contributed by atoms with E-state index >= 15 is 0 Å². The summed E-state index contributed by atoms with van der Waals surface area (Å²) in [6.07, 6.45) is 7.03. The number of benzene rings is 1. The van der Waals surface area contributed by atoms with Crippen LogP contribution in [0.4, 0.5) is 10.5 Å². The van der Waals surface area contributed by atoms with Gasteiger partial charge >= 0.3 is 6.03 Å². The molecule has 5 heteroatoms. The van der Waals surface area contributed by atoms with E-state index in [9.17, 15) is 9.59 Å². The van der Waals surface area contributed by atoms with E-state index in [1.807, 2.05) is 0 Å². The van der Waals surface area contributed by atoms with Crippen LogP contribution in [-0.4, -0.2) is 18.0 Å². The first-order valence-corrected chi connectivity index (χ1v) is 7.12. The summed E-state index contributed by atoms with van der Waals surface area (Å²) in [6.45, 7) is 0. The minimum absolute atomic E-state index is 0.0532. The zero-order valence-corrected chi connectivity index (χ0v) is 11.5. The summed E-state index contributed by atoms with van der Waals surface area (Å²) in [6, 6.07) is 6.41. The van der Waals surface area contributed by atoms with E-state index in [-0.39, 0.29) is 11.9 Å². The van der Waals surface area contributed by atoms with Gasteiger partial charge in [0.2, 0.25) is 0 Å². The lowest BCUT2D eigenvalue weighted by Gasteiger charge is -2.16. The molecule has 108 valence electrons. The number of urea groups is 1. The highest BCUT2D eigenvalue weighted by Gasteiger charge is 2.15. The first-order chi connectivity index (χ1) is 9.65. The van der Waals surface area contributed by atoms with Crippen LogP contribution < -0.4 is 16.4 Å². The second kappa shape index (κ2) is 6.93. The number of anilines is 1. The summed E-state index contributed by atoms with van der Waals surface area (Å²) in [7, 11) is 0. The molecule has 4 N–H and O–H groups in total. The smallest absolute Gasteiger partial charge is 0.316 e. The summed E-state index contributed by atoms with van der Waals surface area (Å²) < 4.78 is 0. The van der Waals surface area contributed by atoms with Crippen molar-refractivity contribution in [2.45, 2.75) is 44.6 Å². The Kier molecular flexibility index (Phi) is 4.98. The number of nitrogens with two attached hydrogens (primary N) is 1. The summed E-state index contributed by atoms with van der Waals surface area (Å²) >= 11 is 0. The molecule has 1 aromatic rings. The molecule has 0 aromatic heterocycles. The first kappa shape index (κ1) is 14.4. The van der Waals surface area contributed by atoms with Crippen LogP contribution in [-0.2, 0) is 0 Å². The summed E-state index contributed by atoms with van der Waals surface area (Å²) in [5.74, 6) is -0.0532. The van der Waals surface area contributed by atoms with E-state index in [0.717, 1.165) is 12.8 Å². The molecular weight excluding hydrogens is 254 g/mol. The second-order valence-corrected chi connectivity index (χ2v) is 5.23. The van der Waals surface area contributed by atoms with Gasteiger partial charge in [-0.25, -0.2) is 4.79 Å². The first-order valence-electron chi connectivity index (χ1n) is 7.12. The summed E-state index contributed by atoms with van der Waals surface area (Å²) in [5, 5.41) is 5.55. The Bertz CT molecular complexity index is 463. The van der Waals surface area contributed by atoms with Gasteiger partial charge < -0.3 is 16.4 Å². The zero-order valence-electron chi connectivity index (χ0n) is 11.5. The third-order valence-electron chi connectivity index (χ3n) is 3.61. The van der Waals surface area contributed by atoms with Crippen molar-refractivity contribution in [1.29, 1.82) is 0 Å². The molecule has 0 radical (unpaired) electrons. The molecule has 0 aliphatic heterocycles. The fraction of sp³-hybridized carbons (Fsp3) is 0.467. The molecule has 20 heavy (non-hydrogen) atoms. The molecule has 0 bridgehead atoms. The lowest BCUT2D eigenvalue weighted by molar-refractivity contribution is 0.0933. The van der Waals surface area contributed by atoms with Gasteiger partial charge in [0.05, 0.1) is 0 Å². The molecule has 0 atom stereocenters. The molecule has 0 saturated heterocycles. The Morgan fingerprint density at radius 3 is 2.15 bits per heavy atom. The highest BCUT2D eigenvalue weighted by molar-refractivity contribution is 5.95. The lowest BCUT2D eigenvalue weighted by atomic mass is 10.1. The van der Waals surface area contributed by atoms with Gasteiger partial charge in [0.25, 0.3) is 5.91 Å². The lowest BCUT2D eigenvalue weighted by Crippen LogP contribution is -2.34. The van der Waals surface area contributed by atoms with E-state index in [4.69, 9.17) is 5.73 Å². The highest BCUT2D eigenvalue weighted by atomic mass is 16.2. The maximum Gasteiger partial charge on any atom is 0.316 e. The van der Waals surface area contributed by atoms with Crippen LogP contribution >= 0.6 is 0 Å². The fourth-order valence-electron chi connectivity index (χ4n) is 2.54. The van der Waals surface area contributed by atoms with Gasteiger partial charge in [-0.2, -0.15) is 0 Å². The molecule has 0 unspecified atom stereocenters. The van der Waals surface area contributed by atoms with Crippen molar-refractivity contribution in [1.82, 2.24) is 5.32 Å². The molecule has 3 amide bonds. The van der Waals surface area contributed by atoms with Crippen LogP contribution in [0.2, 0.25) is 0 Å². The predicted molar refractivity (Wildman–Crippen MR) is 78.6 cm³/mol. The van der Waals surface area contributed by atoms with Crippen molar-refractivity contribution in [2.24, 2.45) is 5.73 Å². The number of rotatable bonds is 3. The van der Waals surface area contributed by atoms with Gasteiger partial charge in [-0.3, -0.25) is 4.79 Å². The normalized spacial score (nSPS) is 16.2. The molecule has 0 spiro atoms. The number of carbonyl (C=O) groups is 2. The van der Waals surface area contributed by atoms with Gasteiger partial charge in [-0.05, 0) is 37.1 Å². The molecule has 2 rings (SSSR count). The van der Waals surface area contributed by atoms with Gasteiger partial charge in [-0.15, -0.1) is 0 Å². The Morgan fingerprint density at radius 2 is 1.60 bits per heavy atom. The molecule has 1 aliphatic carbocycles. The molecule has 1 aromatic carbocycles. The van der Waals surface area contributed by atoms with E-state index in [2.05, 4.69) is 10.6 Å². The largest absolute Gasteiger partial charge is 0.351 e. The van der Waals surface area contributed by atoms with Crippen molar-refractivity contribution in [3.05, 3.63) is 29.8 Å². The Balaban J connectivity index is 1.92. The summed E-state index contributed by atoms with van der Waals surface area (Å²) in [4.78, 5) is 22.9. The number of primary amides is 1. The maximum absolute atomic E-state index is 12.1. The van der Waals surface area contributed by atoms with Crippen LogP contribution in [0.15, 0.2) is 24.3 Å². The number of amides is 3. The van der Waals surface area contributed by atoms with Crippen molar-refractivity contribution < 1.29 is 9.59 Å². The number of hydrogen-bond donors (Lipinski definition) is 3. The fourth-order valence-corrected chi connectivity index (χ4v) is 2.54. The average molecular weight is 275 g/mol. The van der Waals surface area contributed by atoms with Crippen molar-refractivity contribution in [3.8, 4) is 0 Å². The molecule has 1 aliphatic rings. The van der Waals surface area contributed by atoms with Crippen LogP contribution in [0, 0.1) is 0 Å². The standard InChI is InChI=1S/C15H21N3O2/c16-15(20)18-13-9-7-11(8-10-13)14(19)17-12-5-3-1-2-4-6-12/h7-10,12H,1-6H2,(H,17,19)(H3,16,18,20). The number of carbonyl (C=O) groups excluding carboxylic acids is 2. The van der Waals surface area contributed by atoms with Crippen LogP contribution in [0.3, 0.4) is 0 Å². The van der Waals surface area contributed by atoms with Crippen molar-refractivity contribution in [3.63, 3.8) is 0 Å². The van der Waals surface area contributed by atoms with Gasteiger partial charge in [0, 0.05) is 17.3 Å². The van der Waals surface area contributed by atoms with E-state index in [0.29, 0.717) is 11.3 Å². The third-order valence-corrected chi connectivity index (χ3v) is 3.61. The van der Waals surface area contributed by atoms with E-state index < -0.39 is 6.03 Å². The van der Waals surface area contributed by atoms with Crippen LogP contribution in [0.5, 0.6) is 0 Å². The number of nitrogens with one attached hydrogen (secondary N) is 2. The van der Waals surface area contributed by atoms with Gasteiger partial charge in [-0.1, -0.05) is 25.7 Å². The van der Waals surface area contributed by atoms with Crippen molar-refractivity contribution in [2.75, 3.05) is 5.32 Å². The molecule has 0 heterocycles. The maximum atomic E-state index is 12.1. The third kappa shape index (κ3) is 4.26. The molecule has 5 nitrogen and oxygen atoms in total. The number of hydrogen-bond acceptors (Lipinski definition) is 2. The van der Waals surface area contributed by atoms with Gasteiger partial charge in [0.1, 0.15) is 0 Å². The van der Waals surface area contributed by atoms with Crippen LogP contribution in [0.1, 0.15) is 48.9 Å². The Labute approximate surface area is 118 Å². The zero-order chi connectivity index (χ0) is 14.4. The minimum atomic E-state index is -0.611. The molecular formula is C15H21N3O2. The molecule has 1 fully saturated rings. The monoisotopic (exact) mass is 275 g/mol. The highest BCUT2D eigenvalue weighted by Crippen LogP contribution is 2.18.